The summed E-state index contributed by atoms with van der Waals surface area (Å²) in [4.78, 5) is 16.1. The van der Waals surface area contributed by atoms with Gasteiger partial charge >= 0.3 is 0 Å². The topological polar surface area (TPSA) is 45.8 Å². The molecule has 3 nitrogen and oxygen atoms in total. The number of H-pyrrole nitrogens is 1. The average molecular weight is 135 g/mol. The molecule has 0 atom stereocenters. The molecule has 1 N–H and O–H groups in total. The molecule has 8 heavy (non-hydrogen) atoms. The van der Waals surface area contributed by atoms with Gasteiger partial charge in [-0.25, -0.2) is 4.98 Å². The molecule has 0 saturated heterocycles. The smallest absolute Gasteiger partial charge is 0.250 e. The van der Waals surface area contributed by atoms with Gasteiger partial charge in [-0.1, -0.05) is 0 Å². The predicted molar refractivity (Wildman–Crippen MR) is 30.6 cm³/mol. The summed E-state index contributed by atoms with van der Waals surface area (Å²) in [6, 6.07) is 1.36. The second-order valence-corrected chi connectivity index (χ2v) is 1.10. The number of hydrogen-bond donors (Lipinski definition) is 1. The SMILES string of the molecule is O=c1ccnc[nH]1.[K]. The molecule has 0 aliphatic carbocycles. The number of aromatic amines is 1. The molecule has 37 valence electrons. The summed E-state index contributed by atoms with van der Waals surface area (Å²) >= 11 is 0. The third-order valence-electron chi connectivity index (χ3n) is 0.593. The Morgan fingerprint density at radius 3 is 2.62 bits per heavy atom. The first-order chi connectivity index (χ1) is 3.39. The summed E-state index contributed by atoms with van der Waals surface area (Å²) in [6.45, 7) is 0. The van der Waals surface area contributed by atoms with E-state index in [-0.39, 0.29) is 56.9 Å². The van der Waals surface area contributed by atoms with Crippen LogP contribution in [0.3, 0.4) is 0 Å². The number of rotatable bonds is 0. The molecule has 0 saturated carbocycles. The van der Waals surface area contributed by atoms with E-state index in [9.17, 15) is 4.79 Å². The van der Waals surface area contributed by atoms with Crippen LogP contribution < -0.4 is 5.56 Å². The molecule has 0 spiro atoms. The zero-order chi connectivity index (χ0) is 5.11. The molecule has 0 aliphatic heterocycles. The van der Waals surface area contributed by atoms with E-state index in [1.54, 1.807) is 0 Å². The van der Waals surface area contributed by atoms with Crippen LogP contribution in [0.4, 0.5) is 0 Å². The third-order valence-corrected chi connectivity index (χ3v) is 0.593. The molecule has 0 amide bonds. The van der Waals surface area contributed by atoms with Gasteiger partial charge in [-0.05, 0) is 0 Å². The maximum absolute atomic E-state index is 10.2. The number of hydrogen-bond acceptors (Lipinski definition) is 2. The molecule has 1 heterocycles. The van der Waals surface area contributed by atoms with Crippen molar-refractivity contribution in [2.24, 2.45) is 0 Å². The zero-order valence-corrected chi connectivity index (χ0v) is 7.71. The van der Waals surface area contributed by atoms with Crippen LogP contribution in [-0.2, 0) is 0 Å². The molecule has 1 aromatic heterocycles. The van der Waals surface area contributed by atoms with E-state index in [1.807, 2.05) is 0 Å². The Bertz CT molecular complexity index is 180. The average Bonchev–Trinajstić information content (AvgIpc) is 1.69. The van der Waals surface area contributed by atoms with Crippen molar-refractivity contribution in [3.05, 3.63) is 28.9 Å². The van der Waals surface area contributed by atoms with E-state index in [4.69, 9.17) is 0 Å². The summed E-state index contributed by atoms with van der Waals surface area (Å²) < 4.78 is 0. The van der Waals surface area contributed by atoms with Crippen molar-refractivity contribution in [3.8, 4) is 0 Å². The van der Waals surface area contributed by atoms with Crippen molar-refractivity contribution in [2.75, 3.05) is 0 Å². The molecule has 1 radical (unpaired) electrons. The second-order valence-electron chi connectivity index (χ2n) is 1.10. The Labute approximate surface area is 89.0 Å². The van der Waals surface area contributed by atoms with Gasteiger partial charge in [-0.3, -0.25) is 4.79 Å². The van der Waals surface area contributed by atoms with Crippen LogP contribution >= 0.6 is 0 Å². The number of nitrogens with zero attached hydrogens (tertiary/aromatic N) is 1. The summed E-state index contributed by atoms with van der Waals surface area (Å²) in [5.74, 6) is 0. The van der Waals surface area contributed by atoms with Crippen LogP contribution in [0.5, 0.6) is 0 Å². The van der Waals surface area contributed by atoms with Gasteiger partial charge in [0.2, 0.25) is 0 Å². The fourth-order valence-electron chi connectivity index (χ4n) is 0.303. The number of aromatic nitrogens is 2. The minimum absolute atomic E-state index is 0. The monoisotopic (exact) mass is 135 g/mol. The van der Waals surface area contributed by atoms with Crippen LogP contribution in [0.15, 0.2) is 23.4 Å². The van der Waals surface area contributed by atoms with E-state index in [0.29, 0.717) is 0 Å². The second kappa shape index (κ2) is 4.40. The number of nitrogens with one attached hydrogen (secondary N) is 1. The Balaban J connectivity index is 0.000000490. The van der Waals surface area contributed by atoms with Gasteiger partial charge in [0.05, 0.1) is 6.33 Å². The van der Waals surface area contributed by atoms with Crippen LogP contribution in [-0.4, -0.2) is 61.4 Å². The molecule has 4 heteroatoms. The molecule has 0 aliphatic rings. The van der Waals surface area contributed by atoms with Crippen LogP contribution in [0, 0.1) is 0 Å². The summed E-state index contributed by atoms with van der Waals surface area (Å²) in [6.07, 6.45) is 2.79. The van der Waals surface area contributed by atoms with Crippen molar-refractivity contribution in [2.45, 2.75) is 0 Å². The van der Waals surface area contributed by atoms with Crippen LogP contribution in [0.1, 0.15) is 0 Å². The first kappa shape index (κ1) is 8.52. The maximum Gasteiger partial charge on any atom is 0.250 e. The van der Waals surface area contributed by atoms with E-state index in [2.05, 4.69) is 9.97 Å². The fourth-order valence-corrected chi connectivity index (χ4v) is 0.303. The van der Waals surface area contributed by atoms with Gasteiger partial charge in [0.15, 0.2) is 0 Å². The Kier molecular flexibility index (Phi) is 4.68. The van der Waals surface area contributed by atoms with Crippen molar-refractivity contribution < 1.29 is 0 Å². The summed E-state index contributed by atoms with van der Waals surface area (Å²) in [7, 11) is 0. The molecule has 0 fully saturated rings. The quantitative estimate of drug-likeness (QED) is 0.482. The van der Waals surface area contributed by atoms with Gasteiger partial charge in [0, 0.05) is 63.6 Å². The molecular weight excluding hydrogens is 131 g/mol. The molecular formula is C4H4KN2O. The molecule has 1 aromatic rings. The van der Waals surface area contributed by atoms with Crippen molar-refractivity contribution >= 4 is 51.4 Å². The first-order valence-corrected chi connectivity index (χ1v) is 1.88. The van der Waals surface area contributed by atoms with Gasteiger partial charge in [-0.15, -0.1) is 0 Å². The van der Waals surface area contributed by atoms with Gasteiger partial charge in [0.25, 0.3) is 5.56 Å². The van der Waals surface area contributed by atoms with Gasteiger partial charge < -0.3 is 4.98 Å². The van der Waals surface area contributed by atoms with E-state index in [1.165, 1.54) is 18.6 Å². The van der Waals surface area contributed by atoms with Crippen molar-refractivity contribution in [1.82, 2.24) is 9.97 Å². The summed E-state index contributed by atoms with van der Waals surface area (Å²) in [5, 5.41) is 0. The van der Waals surface area contributed by atoms with E-state index >= 15 is 0 Å². The van der Waals surface area contributed by atoms with E-state index < -0.39 is 0 Å². The third kappa shape index (κ3) is 2.73. The predicted octanol–water partition coefficient (Wildman–Crippen LogP) is -0.611. The Morgan fingerprint density at radius 2 is 2.38 bits per heavy atom. The van der Waals surface area contributed by atoms with Crippen molar-refractivity contribution in [1.29, 1.82) is 0 Å². The first-order valence-electron chi connectivity index (χ1n) is 1.88. The Morgan fingerprint density at radius 1 is 1.62 bits per heavy atom. The van der Waals surface area contributed by atoms with Crippen LogP contribution in [0.2, 0.25) is 0 Å². The largest absolute Gasteiger partial charge is 0.313 e. The van der Waals surface area contributed by atoms with Gasteiger partial charge in [0.1, 0.15) is 0 Å². The fraction of sp³-hybridized carbons (Fsp3) is 0. The van der Waals surface area contributed by atoms with E-state index in [0.717, 1.165) is 0 Å². The van der Waals surface area contributed by atoms with Crippen LogP contribution in [0.25, 0.3) is 0 Å². The maximum atomic E-state index is 10.2. The summed E-state index contributed by atoms with van der Waals surface area (Å²) in [5.41, 5.74) is -0.116. The zero-order valence-electron chi connectivity index (χ0n) is 4.59. The molecule has 0 unspecified atom stereocenters. The molecule has 1 rings (SSSR count). The van der Waals surface area contributed by atoms with Gasteiger partial charge in [-0.2, -0.15) is 0 Å². The molecule has 0 aromatic carbocycles. The molecule has 0 bridgehead atoms. The minimum Gasteiger partial charge on any atom is -0.313 e. The minimum atomic E-state index is -0.116. The Hall–Kier alpha value is 0.516. The normalized spacial score (nSPS) is 7.50. The van der Waals surface area contributed by atoms with Crippen molar-refractivity contribution in [3.63, 3.8) is 0 Å². The standard InChI is InChI=1S/C4H4N2O.K/c7-4-1-2-5-3-6-4;/h1-3H,(H,5,6,7);.